The fourth-order valence-electron chi connectivity index (χ4n) is 7.63. The van der Waals surface area contributed by atoms with Crippen LogP contribution in [-0.4, -0.2) is 30.1 Å². The van der Waals surface area contributed by atoms with Gasteiger partial charge in [0.05, 0.1) is 11.2 Å². The summed E-state index contributed by atoms with van der Waals surface area (Å²) >= 11 is 0. The molecule has 5 fully saturated rings. The van der Waals surface area contributed by atoms with Gasteiger partial charge in [-0.15, -0.1) is 0 Å². The minimum atomic E-state index is -0.939. The summed E-state index contributed by atoms with van der Waals surface area (Å²) in [7, 11) is -0.141. The molecule has 146 valence electrons. The molecule has 1 aromatic rings. The maximum atomic E-state index is 12.4. The van der Waals surface area contributed by atoms with Crippen LogP contribution in [0.5, 0.6) is 5.75 Å². The molecule has 1 saturated heterocycles. The van der Waals surface area contributed by atoms with Gasteiger partial charge < -0.3 is 18.8 Å². The molecule has 0 N–H and O–H groups in total. The predicted octanol–water partition coefficient (Wildman–Crippen LogP) is 3.92. The van der Waals surface area contributed by atoms with Gasteiger partial charge >= 0.3 is 13.1 Å². The standard InChI is InChI=1S/C22H25BO5/c1-19(2)25-17-12(6-5-7-13(17)18(24)26-19)14-9-15(14)23-27-21(4)16-8-11-10-22(21,28-23)20(11,16)3/h5-7,11,14-16H,8-10H2,1-4H3/t11?,14?,15-,16?,20?,21-,22?/m0/s1. The molecule has 2 aliphatic heterocycles. The minimum absolute atomic E-state index is 0.0518. The van der Waals surface area contributed by atoms with Crippen LogP contribution in [0.15, 0.2) is 18.2 Å². The van der Waals surface area contributed by atoms with Gasteiger partial charge in [0, 0.05) is 25.1 Å². The van der Waals surface area contributed by atoms with Crippen molar-refractivity contribution in [2.45, 2.75) is 75.7 Å². The Bertz CT molecular complexity index is 960. The number of fused-ring (bicyclic) bond motifs is 2. The first-order valence-electron chi connectivity index (χ1n) is 10.6. The monoisotopic (exact) mass is 380 g/mol. The number of benzene rings is 1. The Hall–Kier alpha value is -1.53. The zero-order valence-corrected chi connectivity index (χ0v) is 16.8. The lowest BCUT2D eigenvalue weighted by Crippen LogP contribution is -2.92. The van der Waals surface area contributed by atoms with Gasteiger partial charge in [-0.05, 0) is 55.6 Å². The van der Waals surface area contributed by atoms with Crippen molar-refractivity contribution in [1.82, 2.24) is 0 Å². The van der Waals surface area contributed by atoms with Crippen LogP contribution in [0.4, 0.5) is 0 Å². The Morgan fingerprint density at radius 2 is 1.89 bits per heavy atom. The molecular formula is C22H25BO5. The Kier molecular flexibility index (Phi) is 2.51. The van der Waals surface area contributed by atoms with Gasteiger partial charge in [0.25, 0.3) is 0 Å². The lowest BCUT2D eigenvalue weighted by Gasteiger charge is -2.87. The molecule has 0 aromatic heterocycles. The first-order valence-corrected chi connectivity index (χ1v) is 10.6. The van der Waals surface area contributed by atoms with Crippen LogP contribution in [0.3, 0.4) is 0 Å². The summed E-state index contributed by atoms with van der Waals surface area (Å²) < 4.78 is 24.7. The second-order valence-electron chi connectivity index (χ2n) is 10.6. The Morgan fingerprint density at radius 3 is 2.61 bits per heavy atom. The molecule has 6 heteroatoms. The van der Waals surface area contributed by atoms with Crippen molar-refractivity contribution < 1.29 is 23.6 Å². The van der Waals surface area contributed by atoms with Gasteiger partial charge in [-0.1, -0.05) is 19.1 Å². The lowest BCUT2D eigenvalue weighted by molar-refractivity contribution is -0.429. The van der Waals surface area contributed by atoms with Crippen LogP contribution in [0.1, 0.15) is 68.8 Å². The van der Waals surface area contributed by atoms with Crippen molar-refractivity contribution in [2.75, 3.05) is 0 Å². The fourth-order valence-corrected chi connectivity index (χ4v) is 7.63. The number of ether oxygens (including phenoxy) is 2. The molecule has 6 aliphatic rings. The van der Waals surface area contributed by atoms with Crippen LogP contribution in [0.25, 0.3) is 0 Å². The third-order valence-corrected chi connectivity index (χ3v) is 9.18. The van der Waals surface area contributed by atoms with Gasteiger partial charge in [-0.2, -0.15) is 0 Å². The average molecular weight is 380 g/mol. The van der Waals surface area contributed by atoms with Crippen molar-refractivity contribution in [3.05, 3.63) is 29.3 Å². The molecule has 4 saturated carbocycles. The van der Waals surface area contributed by atoms with E-state index in [0.717, 1.165) is 24.3 Å². The van der Waals surface area contributed by atoms with Crippen molar-refractivity contribution in [1.29, 1.82) is 0 Å². The molecule has 28 heavy (non-hydrogen) atoms. The predicted molar refractivity (Wildman–Crippen MR) is 101 cm³/mol. The third-order valence-electron chi connectivity index (χ3n) is 9.18. The molecule has 0 bridgehead atoms. The molecule has 1 spiro atoms. The summed E-state index contributed by atoms with van der Waals surface area (Å²) in [4.78, 5) is 12.4. The maximum Gasteiger partial charge on any atom is 0.461 e. The number of cyclic esters (lactones) is 1. The van der Waals surface area contributed by atoms with E-state index in [9.17, 15) is 4.79 Å². The summed E-state index contributed by atoms with van der Waals surface area (Å²) in [6.07, 6.45) is 3.47. The number of carbonyl (C=O) groups excluding carboxylic acids is 1. The number of carbonyl (C=O) groups is 1. The highest BCUT2D eigenvalue weighted by Gasteiger charge is 2.94. The Balaban J connectivity index is 1.18. The van der Waals surface area contributed by atoms with Gasteiger partial charge in [-0.25, -0.2) is 4.79 Å². The fraction of sp³-hybridized carbons (Fsp3) is 0.682. The van der Waals surface area contributed by atoms with Gasteiger partial charge in [0.2, 0.25) is 5.79 Å². The summed E-state index contributed by atoms with van der Waals surface area (Å²) in [6, 6.07) is 5.78. The van der Waals surface area contributed by atoms with Crippen molar-refractivity contribution in [3.8, 4) is 5.75 Å². The van der Waals surface area contributed by atoms with Crippen LogP contribution in [-0.2, 0) is 14.0 Å². The molecule has 1 aromatic carbocycles. The van der Waals surface area contributed by atoms with E-state index in [4.69, 9.17) is 18.8 Å². The van der Waals surface area contributed by atoms with Crippen LogP contribution in [0.2, 0.25) is 5.82 Å². The van der Waals surface area contributed by atoms with Crippen LogP contribution < -0.4 is 4.74 Å². The molecule has 7 rings (SSSR count). The molecule has 0 amide bonds. The number of para-hydroxylation sites is 1. The summed E-state index contributed by atoms with van der Waals surface area (Å²) in [5.74, 6) is 1.56. The van der Waals surface area contributed by atoms with E-state index < -0.39 is 5.79 Å². The van der Waals surface area contributed by atoms with E-state index in [1.165, 1.54) is 6.42 Å². The summed E-state index contributed by atoms with van der Waals surface area (Å²) in [5.41, 5.74) is 1.80. The van der Waals surface area contributed by atoms with E-state index >= 15 is 0 Å². The number of hydrogen-bond donors (Lipinski definition) is 0. The Labute approximate surface area is 165 Å². The number of hydrogen-bond acceptors (Lipinski definition) is 5. The van der Waals surface area contributed by atoms with Crippen molar-refractivity contribution >= 4 is 13.1 Å². The molecule has 7 atom stereocenters. The number of esters is 1. The highest BCUT2D eigenvalue weighted by atomic mass is 16.7. The molecule has 4 aliphatic carbocycles. The van der Waals surface area contributed by atoms with Crippen molar-refractivity contribution in [2.24, 2.45) is 17.3 Å². The number of rotatable bonds is 2. The highest BCUT2D eigenvalue weighted by molar-refractivity contribution is 6.49. The van der Waals surface area contributed by atoms with E-state index in [1.54, 1.807) is 19.9 Å². The first kappa shape index (κ1) is 16.3. The molecular weight excluding hydrogens is 355 g/mol. The zero-order valence-electron chi connectivity index (χ0n) is 16.8. The smallest absolute Gasteiger partial charge is 0.452 e. The summed E-state index contributed by atoms with van der Waals surface area (Å²) in [6.45, 7) is 8.24. The van der Waals surface area contributed by atoms with Crippen LogP contribution in [0, 0.1) is 17.3 Å². The van der Waals surface area contributed by atoms with Crippen LogP contribution >= 0.6 is 0 Å². The summed E-state index contributed by atoms with van der Waals surface area (Å²) in [5, 5.41) is 0. The van der Waals surface area contributed by atoms with E-state index in [1.807, 2.05) is 6.07 Å². The average Bonchev–Trinajstić information content (AvgIpc) is 3.35. The lowest BCUT2D eigenvalue weighted by atomic mass is 9.21. The minimum Gasteiger partial charge on any atom is -0.452 e. The Morgan fingerprint density at radius 1 is 1.07 bits per heavy atom. The normalized spacial score (nSPS) is 50.7. The second kappa shape index (κ2) is 4.31. The largest absolute Gasteiger partial charge is 0.461 e. The quantitative estimate of drug-likeness (QED) is 0.575. The zero-order chi connectivity index (χ0) is 19.3. The third kappa shape index (κ3) is 1.48. The van der Waals surface area contributed by atoms with Crippen molar-refractivity contribution in [3.63, 3.8) is 0 Å². The molecule has 2 heterocycles. The van der Waals surface area contributed by atoms with Gasteiger partial charge in [0.15, 0.2) is 0 Å². The second-order valence-corrected chi connectivity index (χ2v) is 10.6. The molecule has 5 nitrogen and oxygen atoms in total. The molecule has 5 unspecified atom stereocenters. The molecule has 0 radical (unpaired) electrons. The highest BCUT2D eigenvalue weighted by Crippen LogP contribution is 2.88. The van der Waals surface area contributed by atoms with E-state index in [-0.39, 0.29) is 24.3 Å². The van der Waals surface area contributed by atoms with Gasteiger partial charge in [0.1, 0.15) is 11.3 Å². The van der Waals surface area contributed by atoms with E-state index in [0.29, 0.717) is 34.4 Å². The SMILES string of the molecule is CC1(C)OC(=O)c2cccc(C3C[C@@H]3B3OC45CC6CC(C64C)[C@]5(C)O3)c2O1. The van der Waals surface area contributed by atoms with Gasteiger partial charge in [-0.3, -0.25) is 0 Å². The first-order chi connectivity index (χ1) is 13.2. The maximum absolute atomic E-state index is 12.4. The van der Waals surface area contributed by atoms with E-state index in [2.05, 4.69) is 19.9 Å². The topological polar surface area (TPSA) is 54.0 Å².